The third kappa shape index (κ3) is 7.74. The maximum absolute atomic E-state index is 2.46. The highest BCUT2D eigenvalue weighted by atomic mass is 32.1. The van der Waals surface area contributed by atoms with Crippen LogP contribution in [0.4, 0.5) is 11.4 Å². The van der Waals surface area contributed by atoms with E-state index in [4.69, 9.17) is 0 Å². The summed E-state index contributed by atoms with van der Waals surface area (Å²) in [6, 6.07) is 102. The van der Waals surface area contributed by atoms with Crippen molar-refractivity contribution in [3.63, 3.8) is 0 Å². The molecule has 0 saturated carbocycles. The largest absolute Gasteiger partial charge is 0.337 e. The Kier molecular flexibility index (Phi) is 10.8. The molecule has 2 aromatic heterocycles. The van der Waals surface area contributed by atoms with Gasteiger partial charge in [0.1, 0.15) is 0 Å². The summed E-state index contributed by atoms with van der Waals surface area (Å²) in [7, 11) is 0. The molecular weight excluding hydrogens is 913 g/mol. The van der Waals surface area contributed by atoms with Crippen LogP contribution in [0.2, 0.25) is 0 Å². The molecule has 74 heavy (non-hydrogen) atoms. The molecule has 0 atom stereocenters. The fourth-order valence-electron chi connectivity index (χ4n) is 11.3. The normalized spacial score (nSPS) is 11.6. The standard InChI is InChI=1S/C71H48N2S/c1-2-15-48(16-3-1)50-35-39-57(40-36-50)72(58-41-37-51(38-42-58)49-31-33-53(34-32-49)62-26-13-19-52-17-4-7-23-61(52)62)47-56-18-5-6-22-60(56)54-20-12-21-55(45-54)63-27-14-29-68-71(63)65-25-8-10-28-67(65)73(68)59-43-44-70-66(46-59)64-24-9-11-30-69(64)74-70/h1-46H,47H2. The van der Waals surface area contributed by atoms with Crippen molar-refractivity contribution in [3.05, 3.63) is 285 Å². The molecule has 14 rings (SSSR count). The predicted molar refractivity (Wildman–Crippen MR) is 317 cm³/mol. The second-order valence-corrected chi connectivity index (χ2v) is 20.3. The zero-order chi connectivity index (χ0) is 49.0. The van der Waals surface area contributed by atoms with Gasteiger partial charge in [0.2, 0.25) is 0 Å². The minimum Gasteiger partial charge on any atom is -0.337 e. The molecule has 2 nitrogen and oxygen atoms in total. The lowest BCUT2D eigenvalue weighted by Crippen LogP contribution is -2.17. The zero-order valence-electron chi connectivity index (χ0n) is 40.6. The van der Waals surface area contributed by atoms with Crippen LogP contribution < -0.4 is 4.90 Å². The molecule has 0 spiro atoms. The Hall–Kier alpha value is -9.28. The van der Waals surface area contributed by atoms with Gasteiger partial charge >= 0.3 is 0 Å². The Bertz CT molecular complexity index is 4370. The Labute approximate surface area is 434 Å². The third-order valence-electron chi connectivity index (χ3n) is 14.9. The van der Waals surface area contributed by atoms with Crippen LogP contribution in [-0.2, 0) is 6.54 Å². The van der Waals surface area contributed by atoms with Gasteiger partial charge in [-0.3, -0.25) is 0 Å². The molecule has 0 aliphatic heterocycles. The number of fused-ring (bicyclic) bond motifs is 7. The van der Waals surface area contributed by atoms with Crippen molar-refractivity contribution >= 4 is 75.5 Å². The maximum Gasteiger partial charge on any atom is 0.0547 e. The highest BCUT2D eigenvalue weighted by Crippen LogP contribution is 2.43. The first-order valence-corrected chi connectivity index (χ1v) is 26.2. The van der Waals surface area contributed by atoms with Gasteiger partial charge < -0.3 is 9.47 Å². The van der Waals surface area contributed by atoms with E-state index in [1.165, 1.54) is 120 Å². The van der Waals surface area contributed by atoms with E-state index in [1.807, 2.05) is 11.3 Å². The Morgan fingerprint density at radius 3 is 1.61 bits per heavy atom. The first kappa shape index (κ1) is 43.5. The Morgan fingerprint density at radius 1 is 0.311 bits per heavy atom. The summed E-state index contributed by atoms with van der Waals surface area (Å²) in [5.41, 5.74) is 19.2. The molecule has 0 fully saturated rings. The van der Waals surface area contributed by atoms with Crippen molar-refractivity contribution in [3.8, 4) is 61.3 Å². The lowest BCUT2D eigenvalue weighted by molar-refractivity contribution is 0.977. The first-order chi connectivity index (χ1) is 36.7. The van der Waals surface area contributed by atoms with Crippen molar-refractivity contribution in [2.24, 2.45) is 0 Å². The van der Waals surface area contributed by atoms with Crippen molar-refractivity contribution in [2.75, 3.05) is 4.90 Å². The van der Waals surface area contributed by atoms with E-state index in [1.54, 1.807) is 0 Å². The quantitative estimate of drug-likeness (QED) is 0.133. The van der Waals surface area contributed by atoms with Crippen molar-refractivity contribution in [1.29, 1.82) is 0 Å². The Balaban J connectivity index is 0.823. The smallest absolute Gasteiger partial charge is 0.0547 e. The minimum absolute atomic E-state index is 0.678. The minimum atomic E-state index is 0.678. The fourth-order valence-corrected chi connectivity index (χ4v) is 12.4. The van der Waals surface area contributed by atoms with Crippen molar-refractivity contribution in [2.45, 2.75) is 6.54 Å². The van der Waals surface area contributed by atoms with Crippen LogP contribution in [0, 0.1) is 0 Å². The van der Waals surface area contributed by atoms with Crippen LogP contribution >= 0.6 is 11.3 Å². The summed E-state index contributed by atoms with van der Waals surface area (Å²) in [4.78, 5) is 2.46. The average molecular weight is 961 g/mol. The third-order valence-corrected chi connectivity index (χ3v) is 16.1. The van der Waals surface area contributed by atoms with E-state index in [9.17, 15) is 0 Å². The van der Waals surface area contributed by atoms with E-state index < -0.39 is 0 Å². The van der Waals surface area contributed by atoms with Gasteiger partial charge in [0.05, 0.1) is 11.0 Å². The molecule has 0 saturated heterocycles. The molecule has 14 aromatic rings. The molecule has 0 bridgehead atoms. The SMILES string of the molecule is c1ccc(-c2ccc(N(Cc3ccccc3-c3cccc(-c4cccc5c4c4ccccc4n5-c4ccc5sc6ccccc6c5c4)c3)c3ccc(-c4ccc(-c5cccc6ccccc56)cc4)cc3)cc2)cc1. The molecule has 0 aliphatic rings. The first-order valence-electron chi connectivity index (χ1n) is 25.4. The number of hydrogen-bond donors (Lipinski definition) is 0. The molecule has 0 N–H and O–H groups in total. The summed E-state index contributed by atoms with van der Waals surface area (Å²) < 4.78 is 5.08. The van der Waals surface area contributed by atoms with E-state index in [0.717, 1.165) is 11.4 Å². The lowest BCUT2D eigenvalue weighted by Gasteiger charge is -2.27. The van der Waals surface area contributed by atoms with Gasteiger partial charge in [0, 0.05) is 54.6 Å². The summed E-state index contributed by atoms with van der Waals surface area (Å²) in [5, 5.41) is 7.65. The number of anilines is 2. The van der Waals surface area contributed by atoms with Gasteiger partial charge in [-0.05, 0) is 139 Å². The maximum atomic E-state index is 2.46. The van der Waals surface area contributed by atoms with Gasteiger partial charge in [0.25, 0.3) is 0 Å². The number of nitrogens with zero attached hydrogens (tertiary/aromatic N) is 2. The van der Waals surface area contributed by atoms with Gasteiger partial charge in [-0.1, -0.05) is 212 Å². The van der Waals surface area contributed by atoms with Crippen LogP contribution in [0.3, 0.4) is 0 Å². The molecular formula is C71H48N2S. The van der Waals surface area contributed by atoms with E-state index in [-0.39, 0.29) is 0 Å². The lowest BCUT2D eigenvalue weighted by atomic mass is 9.93. The second kappa shape index (κ2) is 18.4. The number of para-hydroxylation sites is 1. The second-order valence-electron chi connectivity index (χ2n) is 19.2. The van der Waals surface area contributed by atoms with E-state index in [2.05, 4.69) is 289 Å². The molecule has 3 heteroatoms. The number of benzene rings is 12. The molecule has 12 aromatic carbocycles. The molecule has 0 amide bonds. The summed E-state index contributed by atoms with van der Waals surface area (Å²) >= 11 is 1.86. The number of aromatic nitrogens is 1. The topological polar surface area (TPSA) is 8.17 Å². The predicted octanol–water partition coefficient (Wildman–Crippen LogP) is 20.0. The van der Waals surface area contributed by atoms with Crippen molar-refractivity contribution in [1.82, 2.24) is 4.57 Å². The summed E-state index contributed by atoms with van der Waals surface area (Å²) in [5.74, 6) is 0. The molecule has 348 valence electrons. The molecule has 2 heterocycles. The summed E-state index contributed by atoms with van der Waals surface area (Å²) in [6.07, 6.45) is 0. The van der Waals surface area contributed by atoms with E-state index in [0.29, 0.717) is 6.54 Å². The number of hydrogen-bond acceptors (Lipinski definition) is 2. The summed E-state index contributed by atoms with van der Waals surface area (Å²) in [6.45, 7) is 0.678. The zero-order valence-corrected chi connectivity index (χ0v) is 41.4. The van der Waals surface area contributed by atoms with Crippen molar-refractivity contribution < 1.29 is 0 Å². The highest BCUT2D eigenvalue weighted by molar-refractivity contribution is 7.25. The number of thiophene rings is 1. The Morgan fingerprint density at radius 2 is 0.824 bits per heavy atom. The van der Waals surface area contributed by atoms with Crippen LogP contribution in [0.15, 0.2) is 279 Å². The highest BCUT2D eigenvalue weighted by Gasteiger charge is 2.19. The van der Waals surface area contributed by atoms with Crippen LogP contribution in [0.1, 0.15) is 5.56 Å². The average Bonchev–Trinajstić information content (AvgIpc) is 4.05. The monoisotopic (exact) mass is 960 g/mol. The van der Waals surface area contributed by atoms with Gasteiger partial charge in [0.15, 0.2) is 0 Å². The van der Waals surface area contributed by atoms with Crippen LogP contribution in [0.25, 0.3) is 114 Å². The van der Waals surface area contributed by atoms with Crippen LogP contribution in [-0.4, -0.2) is 4.57 Å². The van der Waals surface area contributed by atoms with Gasteiger partial charge in [-0.15, -0.1) is 11.3 Å². The fraction of sp³-hybridized carbons (Fsp3) is 0.0141. The number of rotatable bonds is 10. The molecule has 0 aliphatic carbocycles. The van der Waals surface area contributed by atoms with Crippen LogP contribution in [0.5, 0.6) is 0 Å². The molecule has 0 radical (unpaired) electrons. The van der Waals surface area contributed by atoms with E-state index >= 15 is 0 Å². The van der Waals surface area contributed by atoms with Gasteiger partial charge in [-0.25, -0.2) is 0 Å². The molecule has 0 unspecified atom stereocenters. The van der Waals surface area contributed by atoms with Gasteiger partial charge in [-0.2, -0.15) is 0 Å².